The van der Waals surface area contributed by atoms with Gasteiger partial charge in [-0.25, -0.2) is 0 Å². The molecule has 4 heteroatoms. The lowest BCUT2D eigenvalue weighted by Gasteiger charge is -2.46. The molecular weight excluding hydrogens is 380 g/mol. The molecule has 1 aromatic rings. The van der Waals surface area contributed by atoms with E-state index in [2.05, 4.69) is 66.9 Å². The molecule has 0 aliphatic carbocycles. The van der Waals surface area contributed by atoms with Gasteiger partial charge in [0, 0.05) is 28.9 Å². The third-order valence-corrected chi connectivity index (χ3v) is 6.14. The maximum Gasteiger partial charge on any atom is 0.0510 e. The highest BCUT2D eigenvalue weighted by atomic mass is 79.9. The molecule has 0 saturated carbocycles. The van der Waals surface area contributed by atoms with Crippen molar-refractivity contribution < 1.29 is 0 Å². The van der Waals surface area contributed by atoms with Crippen LogP contribution in [-0.2, 0) is 5.33 Å². The van der Waals surface area contributed by atoms with Gasteiger partial charge in [0.2, 0.25) is 0 Å². The highest BCUT2D eigenvalue weighted by Gasteiger charge is 2.34. The summed E-state index contributed by atoms with van der Waals surface area (Å²) in [6.45, 7) is 3.67. The number of likely N-dealkylation sites (tertiary alicyclic amines) is 1. The Labute approximate surface area is 138 Å². The van der Waals surface area contributed by atoms with Crippen molar-refractivity contribution in [3.8, 4) is 0 Å². The molecule has 0 bridgehead atoms. The van der Waals surface area contributed by atoms with Gasteiger partial charge in [-0.2, -0.15) is 0 Å². The number of benzene rings is 1. The van der Waals surface area contributed by atoms with E-state index in [-0.39, 0.29) is 0 Å². The zero-order chi connectivity index (χ0) is 14.1. The first kappa shape index (κ1) is 14.9. The van der Waals surface area contributed by atoms with Crippen molar-refractivity contribution in [2.75, 3.05) is 31.6 Å². The second kappa shape index (κ2) is 6.37. The van der Waals surface area contributed by atoms with Gasteiger partial charge in [-0.05, 0) is 72.4 Å². The quantitative estimate of drug-likeness (QED) is 0.683. The number of nitrogens with zero attached hydrogens (tertiary/aromatic N) is 2. The van der Waals surface area contributed by atoms with E-state index in [0.29, 0.717) is 0 Å². The summed E-state index contributed by atoms with van der Waals surface area (Å²) in [6.07, 6.45) is 4.05. The molecule has 1 aromatic carbocycles. The summed E-state index contributed by atoms with van der Waals surface area (Å²) in [7, 11) is 2.30. The fourth-order valence-electron chi connectivity index (χ4n) is 3.76. The topological polar surface area (TPSA) is 6.48 Å². The lowest BCUT2D eigenvalue weighted by atomic mass is 9.84. The van der Waals surface area contributed by atoms with Gasteiger partial charge in [0.1, 0.15) is 0 Å². The Morgan fingerprint density at radius 3 is 2.85 bits per heavy atom. The molecule has 2 aliphatic rings. The van der Waals surface area contributed by atoms with E-state index < -0.39 is 0 Å². The smallest absolute Gasteiger partial charge is 0.0510 e. The van der Waals surface area contributed by atoms with E-state index in [1.165, 1.54) is 54.6 Å². The van der Waals surface area contributed by atoms with Crippen LogP contribution in [0.3, 0.4) is 0 Å². The van der Waals surface area contributed by atoms with Gasteiger partial charge in [-0.3, -0.25) is 0 Å². The van der Waals surface area contributed by atoms with Crippen LogP contribution in [0.25, 0.3) is 0 Å². The van der Waals surface area contributed by atoms with Crippen molar-refractivity contribution in [1.29, 1.82) is 0 Å². The van der Waals surface area contributed by atoms with Crippen LogP contribution in [0.1, 0.15) is 24.8 Å². The minimum absolute atomic E-state index is 0.806. The average Bonchev–Trinajstić information content (AvgIpc) is 2.47. The van der Waals surface area contributed by atoms with E-state index in [0.717, 1.165) is 17.3 Å². The van der Waals surface area contributed by atoms with Crippen molar-refractivity contribution in [2.24, 2.45) is 5.92 Å². The van der Waals surface area contributed by atoms with Gasteiger partial charge in [-0.15, -0.1) is 0 Å². The van der Waals surface area contributed by atoms with Crippen LogP contribution in [0.15, 0.2) is 22.7 Å². The van der Waals surface area contributed by atoms with Crippen molar-refractivity contribution in [3.63, 3.8) is 0 Å². The van der Waals surface area contributed by atoms with Crippen LogP contribution in [0.5, 0.6) is 0 Å². The minimum Gasteiger partial charge on any atom is -0.370 e. The number of fused-ring (bicyclic) bond motifs is 1. The van der Waals surface area contributed by atoms with Crippen LogP contribution in [0.2, 0.25) is 0 Å². The molecule has 0 N–H and O–H groups in total. The molecule has 0 aromatic heterocycles. The number of piperidine rings is 2. The Bertz CT molecular complexity index is 478. The van der Waals surface area contributed by atoms with Crippen LogP contribution in [0.4, 0.5) is 5.69 Å². The molecular formula is C16H22Br2N2. The molecule has 2 nitrogen and oxygen atoms in total. The van der Waals surface area contributed by atoms with E-state index in [1.54, 1.807) is 0 Å². The standard InChI is InChI=1S/C16H22Br2N2/c1-19-7-2-3-13-11-20(8-6-15(13)19)16-5-4-12(10-17)9-14(16)18/h4-5,9,13,15H,2-3,6-8,10-11H2,1H3. The summed E-state index contributed by atoms with van der Waals surface area (Å²) in [6, 6.07) is 7.55. The molecule has 0 amide bonds. The molecule has 2 heterocycles. The van der Waals surface area contributed by atoms with Gasteiger partial charge in [-0.1, -0.05) is 22.0 Å². The molecule has 3 rings (SSSR count). The van der Waals surface area contributed by atoms with E-state index in [4.69, 9.17) is 0 Å². The first-order chi connectivity index (χ1) is 9.69. The molecule has 2 saturated heterocycles. The number of alkyl halides is 1. The zero-order valence-electron chi connectivity index (χ0n) is 12.0. The molecule has 110 valence electrons. The van der Waals surface area contributed by atoms with E-state index >= 15 is 0 Å². The minimum atomic E-state index is 0.806. The molecule has 20 heavy (non-hydrogen) atoms. The lowest BCUT2D eigenvalue weighted by Crippen LogP contribution is -2.52. The predicted octanol–water partition coefficient (Wildman–Crippen LogP) is 4.26. The summed E-state index contributed by atoms with van der Waals surface area (Å²) in [5, 5.41) is 0.918. The largest absolute Gasteiger partial charge is 0.370 e. The zero-order valence-corrected chi connectivity index (χ0v) is 15.2. The third kappa shape index (κ3) is 2.93. The Morgan fingerprint density at radius 1 is 1.25 bits per heavy atom. The summed E-state index contributed by atoms with van der Waals surface area (Å²) in [4.78, 5) is 5.15. The normalized spacial score (nSPS) is 27.4. The molecule has 2 fully saturated rings. The van der Waals surface area contributed by atoms with Crippen molar-refractivity contribution >= 4 is 37.5 Å². The number of hydrogen-bond acceptors (Lipinski definition) is 2. The molecule has 0 spiro atoms. The number of anilines is 1. The molecule has 2 atom stereocenters. The van der Waals surface area contributed by atoms with Crippen LogP contribution < -0.4 is 4.90 Å². The Hall–Kier alpha value is -0.0600. The Morgan fingerprint density at radius 2 is 2.10 bits per heavy atom. The van der Waals surface area contributed by atoms with Gasteiger partial charge in [0.05, 0.1) is 5.69 Å². The first-order valence-corrected chi connectivity index (χ1v) is 9.40. The molecule has 0 radical (unpaired) electrons. The Balaban J connectivity index is 1.76. The average molecular weight is 402 g/mol. The van der Waals surface area contributed by atoms with Crippen LogP contribution in [0, 0.1) is 5.92 Å². The van der Waals surface area contributed by atoms with E-state index in [9.17, 15) is 0 Å². The highest BCUT2D eigenvalue weighted by molar-refractivity contribution is 9.10. The Kier molecular flexibility index (Phi) is 4.73. The maximum atomic E-state index is 3.75. The summed E-state index contributed by atoms with van der Waals surface area (Å²) >= 11 is 7.27. The summed E-state index contributed by atoms with van der Waals surface area (Å²) in [5.41, 5.74) is 2.69. The second-order valence-electron chi connectivity index (χ2n) is 6.10. The molecule has 2 unspecified atom stereocenters. The fourth-order valence-corrected chi connectivity index (χ4v) is 4.79. The number of halogens is 2. The van der Waals surface area contributed by atoms with Crippen LogP contribution >= 0.6 is 31.9 Å². The van der Waals surface area contributed by atoms with Gasteiger partial charge in [0.15, 0.2) is 0 Å². The fraction of sp³-hybridized carbons (Fsp3) is 0.625. The first-order valence-electron chi connectivity index (χ1n) is 7.48. The second-order valence-corrected chi connectivity index (χ2v) is 7.52. The third-order valence-electron chi connectivity index (χ3n) is 4.85. The lowest BCUT2D eigenvalue weighted by molar-refractivity contribution is 0.102. The van der Waals surface area contributed by atoms with Crippen molar-refractivity contribution in [3.05, 3.63) is 28.2 Å². The summed E-state index contributed by atoms with van der Waals surface area (Å²) < 4.78 is 1.23. The SMILES string of the molecule is CN1CCCC2CN(c3ccc(CBr)cc3Br)CCC21. The highest BCUT2D eigenvalue weighted by Crippen LogP contribution is 2.35. The van der Waals surface area contributed by atoms with E-state index in [1.807, 2.05) is 0 Å². The predicted molar refractivity (Wildman–Crippen MR) is 92.7 cm³/mol. The maximum absolute atomic E-state index is 3.75. The number of hydrogen-bond donors (Lipinski definition) is 0. The van der Waals surface area contributed by atoms with Gasteiger partial charge >= 0.3 is 0 Å². The monoisotopic (exact) mass is 400 g/mol. The summed E-state index contributed by atoms with van der Waals surface area (Å²) in [5.74, 6) is 0.838. The van der Waals surface area contributed by atoms with Gasteiger partial charge in [0.25, 0.3) is 0 Å². The van der Waals surface area contributed by atoms with Crippen LogP contribution in [-0.4, -0.2) is 37.6 Å². The van der Waals surface area contributed by atoms with Crippen molar-refractivity contribution in [2.45, 2.75) is 30.6 Å². The van der Waals surface area contributed by atoms with Gasteiger partial charge < -0.3 is 9.80 Å². The van der Waals surface area contributed by atoms with Crippen molar-refractivity contribution in [1.82, 2.24) is 4.90 Å². The number of rotatable bonds is 2. The molecule has 2 aliphatic heterocycles.